The summed E-state index contributed by atoms with van der Waals surface area (Å²) in [4.78, 5) is 11.8. The third-order valence-corrected chi connectivity index (χ3v) is 3.81. The van der Waals surface area contributed by atoms with Gasteiger partial charge in [0.1, 0.15) is 5.75 Å². The molecule has 3 N–H and O–H groups in total. The van der Waals surface area contributed by atoms with Crippen molar-refractivity contribution in [3.05, 3.63) is 58.1 Å². The summed E-state index contributed by atoms with van der Waals surface area (Å²) in [5.41, 5.74) is 3.43. The third-order valence-electron chi connectivity index (χ3n) is 3.40. The van der Waals surface area contributed by atoms with Gasteiger partial charge in [-0.15, -0.1) is 0 Å². The molecule has 2 aromatic rings. The summed E-state index contributed by atoms with van der Waals surface area (Å²) < 4.78 is 0. The molecule has 2 amide bonds. The first-order valence-corrected chi connectivity index (χ1v) is 7.43. The topological polar surface area (TPSA) is 61.4 Å². The van der Waals surface area contributed by atoms with Gasteiger partial charge in [-0.25, -0.2) is 4.79 Å². The molecule has 0 radical (unpaired) electrons. The van der Waals surface area contributed by atoms with Crippen molar-refractivity contribution in [3.63, 3.8) is 0 Å². The summed E-state index contributed by atoms with van der Waals surface area (Å²) in [6.45, 7) is 4.23. The Kier molecular flexibility index (Phi) is 5.28. The van der Waals surface area contributed by atoms with Crippen LogP contribution in [0.1, 0.15) is 16.7 Å². The van der Waals surface area contributed by atoms with E-state index in [-0.39, 0.29) is 11.8 Å². The molecule has 116 valence electrons. The number of benzene rings is 2. The lowest BCUT2D eigenvalue weighted by atomic mass is 10.1. The monoisotopic (exact) mass is 318 g/mol. The Hall–Kier alpha value is -2.20. The fraction of sp³-hybridized carbons (Fsp3) is 0.235. The molecule has 0 saturated heterocycles. The first-order chi connectivity index (χ1) is 10.5. The lowest BCUT2D eigenvalue weighted by molar-refractivity contribution is 0.252. The molecular weight excluding hydrogens is 300 g/mol. The number of aromatic hydroxyl groups is 1. The number of carbonyl (C=O) groups excluding carboxylic acids is 1. The van der Waals surface area contributed by atoms with E-state index in [0.717, 1.165) is 16.7 Å². The van der Waals surface area contributed by atoms with Gasteiger partial charge in [0, 0.05) is 17.3 Å². The second kappa shape index (κ2) is 7.18. The van der Waals surface area contributed by atoms with Gasteiger partial charge in [0.05, 0.1) is 0 Å². The van der Waals surface area contributed by atoms with E-state index in [9.17, 15) is 9.90 Å². The van der Waals surface area contributed by atoms with Crippen LogP contribution in [-0.4, -0.2) is 17.7 Å². The van der Waals surface area contributed by atoms with Crippen molar-refractivity contribution in [1.29, 1.82) is 0 Å². The SMILES string of the molecule is Cc1ccc(CCNC(=O)Nc2ccc(C)c(Cl)c2)cc1O. The second-order valence-electron chi connectivity index (χ2n) is 5.22. The van der Waals surface area contributed by atoms with Crippen LogP contribution in [-0.2, 0) is 6.42 Å². The lowest BCUT2D eigenvalue weighted by Gasteiger charge is -2.09. The minimum atomic E-state index is -0.281. The number of phenolic OH excluding ortho intramolecular Hbond substituents is 1. The molecule has 0 spiro atoms. The van der Waals surface area contributed by atoms with E-state index in [4.69, 9.17) is 11.6 Å². The molecule has 0 aromatic heterocycles. The van der Waals surface area contributed by atoms with Gasteiger partial charge in [0.2, 0.25) is 0 Å². The Bertz CT molecular complexity index is 686. The number of amides is 2. The average Bonchev–Trinajstić information content (AvgIpc) is 2.47. The van der Waals surface area contributed by atoms with Crippen LogP contribution in [0, 0.1) is 13.8 Å². The van der Waals surface area contributed by atoms with Crippen LogP contribution < -0.4 is 10.6 Å². The van der Waals surface area contributed by atoms with E-state index in [1.807, 2.05) is 32.0 Å². The summed E-state index contributed by atoms with van der Waals surface area (Å²) in [6, 6.07) is 10.6. The van der Waals surface area contributed by atoms with E-state index in [1.54, 1.807) is 18.2 Å². The predicted molar refractivity (Wildman–Crippen MR) is 89.8 cm³/mol. The molecule has 0 aliphatic heterocycles. The predicted octanol–water partition coefficient (Wildman–Crippen LogP) is 4.03. The van der Waals surface area contributed by atoms with Gasteiger partial charge in [-0.05, 0) is 55.2 Å². The number of anilines is 1. The highest BCUT2D eigenvalue weighted by Gasteiger charge is 2.04. The van der Waals surface area contributed by atoms with Gasteiger partial charge < -0.3 is 15.7 Å². The zero-order chi connectivity index (χ0) is 16.1. The minimum Gasteiger partial charge on any atom is -0.508 e. The highest BCUT2D eigenvalue weighted by atomic mass is 35.5. The molecule has 22 heavy (non-hydrogen) atoms. The van der Waals surface area contributed by atoms with Crippen LogP contribution in [0.4, 0.5) is 10.5 Å². The number of hydrogen-bond acceptors (Lipinski definition) is 2. The van der Waals surface area contributed by atoms with Gasteiger partial charge in [0.15, 0.2) is 0 Å². The number of aryl methyl sites for hydroxylation is 2. The first-order valence-electron chi connectivity index (χ1n) is 7.05. The molecule has 0 unspecified atom stereocenters. The normalized spacial score (nSPS) is 10.3. The number of phenols is 1. The smallest absolute Gasteiger partial charge is 0.319 e. The highest BCUT2D eigenvalue weighted by Crippen LogP contribution is 2.20. The van der Waals surface area contributed by atoms with Gasteiger partial charge in [-0.2, -0.15) is 0 Å². The van der Waals surface area contributed by atoms with E-state index >= 15 is 0 Å². The number of rotatable bonds is 4. The molecule has 0 saturated carbocycles. The molecule has 2 aromatic carbocycles. The minimum absolute atomic E-state index is 0.274. The molecule has 0 aliphatic carbocycles. The Morgan fingerprint density at radius 2 is 1.86 bits per heavy atom. The molecule has 5 heteroatoms. The molecule has 4 nitrogen and oxygen atoms in total. The summed E-state index contributed by atoms with van der Waals surface area (Å²) in [7, 11) is 0. The summed E-state index contributed by atoms with van der Waals surface area (Å²) >= 11 is 6.01. The fourth-order valence-electron chi connectivity index (χ4n) is 1.98. The maximum atomic E-state index is 11.8. The lowest BCUT2D eigenvalue weighted by Crippen LogP contribution is -2.30. The number of carbonyl (C=O) groups is 1. The highest BCUT2D eigenvalue weighted by molar-refractivity contribution is 6.31. The summed E-state index contributed by atoms with van der Waals surface area (Å²) in [6.07, 6.45) is 0.649. The average molecular weight is 319 g/mol. The summed E-state index contributed by atoms with van der Waals surface area (Å²) in [5, 5.41) is 15.8. The maximum absolute atomic E-state index is 11.8. The third kappa shape index (κ3) is 4.40. The summed E-state index contributed by atoms with van der Waals surface area (Å²) in [5.74, 6) is 0.274. The van der Waals surface area contributed by atoms with Crippen LogP contribution in [0.25, 0.3) is 0 Å². The van der Waals surface area contributed by atoms with E-state index < -0.39 is 0 Å². The van der Waals surface area contributed by atoms with Crippen molar-refractivity contribution in [1.82, 2.24) is 5.32 Å². The number of urea groups is 1. The molecule has 0 aliphatic rings. The molecule has 0 bridgehead atoms. The van der Waals surface area contributed by atoms with Crippen molar-refractivity contribution in [2.75, 3.05) is 11.9 Å². The number of halogens is 1. The molecule has 0 atom stereocenters. The maximum Gasteiger partial charge on any atom is 0.319 e. The molecule has 2 rings (SSSR count). The fourth-order valence-corrected chi connectivity index (χ4v) is 2.16. The van der Waals surface area contributed by atoms with E-state index in [1.165, 1.54) is 0 Å². The van der Waals surface area contributed by atoms with Crippen LogP contribution >= 0.6 is 11.6 Å². The Morgan fingerprint density at radius 3 is 2.55 bits per heavy atom. The van der Waals surface area contributed by atoms with E-state index in [0.29, 0.717) is 23.7 Å². The molecule has 0 fully saturated rings. The van der Waals surface area contributed by atoms with Crippen molar-refractivity contribution in [3.8, 4) is 5.75 Å². The van der Waals surface area contributed by atoms with Gasteiger partial charge in [-0.3, -0.25) is 0 Å². The van der Waals surface area contributed by atoms with Crippen LogP contribution in [0.3, 0.4) is 0 Å². The Morgan fingerprint density at radius 1 is 1.14 bits per heavy atom. The first kappa shape index (κ1) is 16.2. The molecular formula is C17H19ClN2O2. The number of nitrogens with one attached hydrogen (secondary N) is 2. The standard InChI is InChI=1S/C17H19ClN2O2/c1-11-4-6-14(10-15(11)18)20-17(22)19-8-7-13-5-3-12(2)16(21)9-13/h3-6,9-10,21H,7-8H2,1-2H3,(H2,19,20,22). The van der Waals surface area contributed by atoms with Gasteiger partial charge in [0.25, 0.3) is 0 Å². The van der Waals surface area contributed by atoms with E-state index in [2.05, 4.69) is 10.6 Å². The largest absolute Gasteiger partial charge is 0.508 e. The zero-order valence-electron chi connectivity index (χ0n) is 12.6. The quantitative estimate of drug-likeness (QED) is 0.797. The zero-order valence-corrected chi connectivity index (χ0v) is 13.4. The van der Waals surface area contributed by atoms with Crippen LogP contribution in [0.5, 0.6) is 5.75 Å². The van der Waals surface area contributed by atoms with Crippen LogP contribution in [0.15, 0.2) is 36.4 Å². The number of hydrogen-bond donors (Lipinski definition) is 3. The second-order valence-corrected chi connectivity index (χ2v) is 5.62. The van der Waals surface area contributed by atoms with Crippen molar-refractivity contribution >= 4 is 23.3 Å². The van der Waals surface area contributed by atoms with Crippen LogP contribution in [0.2, 0.25) is 5.02 Å². The Balaban J connectivity index is 1.82. The molecule has 0 heterocycles. The Labute approximate surface area is 135 Å². The van der Waals surface area contributed by atoms with Gasteiger partial charge >= 0.3 is 6.03 Å². The van der Waals surface area contributed by atoms with Crippen molar-refractivity contribution < 1.29 is 9.90 Å². The van der Waals surface area contributed by atoms with Gasteiger partial charge in [-0.1, -0.05) is 29.8 Å². The van der Waals surface area contributed by atoms with Crippen molar-refractivity contribution in [2.45, 2.75) is 20.3 Å². The van der Waals surface area contributed by atoms with Crippen molar-refractivity contribution in [2.24, 2.45) is 0 Å².